The van der Waals surface area contributed by atoms with E-state index in [1.165, 1.54) is 25.7 Å². The zero-order chi connectivity index (χ0) is 24.9. The molecule has 2 aromatic rings. The quantitative estimate of drug-likeness (QED) is 0.280. The Hall–Kier alpha value is -2.97. The molecule has 3 rings (SSSR count). The second-order valence-corrected chi connectivity index (χ2v) is 9.03. The van der Waals surface area contributed by atoms with Crippen LogP contribution in [-0.2, 0) is 4.74 Å². The van der Waals surface area contributed by atoms with Crippen LogP contribution < -0.4 is 20.7 Å². The summed E-state index contributed by atoms with van der Waals surface area (Å²) in [4.78, 5) is 25.0. The maximum atomic E-state index is 12.5. The molecule has 1 unspecified atom stereocenters. The first-order valence-corrected chi connectivity index (χ1v) is 12.8. The van der Waals surface area contributed by atoms with Crippen LogP contribution in [0, 0.1) is 0 Å². The zero-order valence-corrected chi connectivity index (χ0v) is 21.1. The van der Waals surface area contributed by atoms with Crippen LogP contribution in [-0.4, -0.2) is 42.8 Å². The van der Waals surface area contributed by atoms with E-state index in [1.807, 2.05) is 0 Å². The molecule has 0 bridgehead atoms. The second-order valence-electron chi connectivity index (χ2n) is 8.62. The number of carbonyl (C=O) groups is 2. The molecule has 0 aliphatic carbocycles. The number of rotatable bonds is 12. The van der Waals surface area contributed by atoms with Crippen LogP contribution >= 0.6 is 12.2 Å². The highest BCUT2D eigenvalue weighted by Crippen LogP contribution is 2.15. The van der Waals surface area contributed by atoms with Crippen LogP contribution in [0.5, 0.6) is 5.75 Å². The normalized spacial score (nSPS) is 14.8. The van der Waals surface area contributed by atoms with Crippen molar-refractivity contribution >= 4 is 34.8 Å². The van der Waals surface area contributed by atoms with Crippen molar-refractivity contribution < 1.29 is 19.1 Å². The number of unbranched alkanes of at least 4 members (excludes halogenated alkanes) is 4. The number of nitrogens with one attached hydrogen (secondary N) is 3. The summed E-state index contributed by atoms with van der Waals surface area (Å²) in [6.45, 7) is 4.12. The summed E-state index contributed by atoms with van der Waals surface area (Å²) < 4.78 is 11.3. The van der Waals surface area contributed by atoms with Gasteiger partial charge in [-0.05, 0) is 73.9 Å². The Morgan fingerprint density at radius 3 is 2.57 bits per heavy atom. The van der Waals surface area contributed by atoms with E-state index in [-0.39, 0.29) is 23.0 Å². The highest BCUT2D eigenvalue weighted by Gasteiger charge is 2.17. The number of hydrogen-bond donors (Lipinski definition) is 3. The van der Waals surface area contributed by atoms with Crippen LogP contribution in [0.15, 0.2) is 48.5 Å². The molecule has 0 aromatic heterocycles. The third kappa shape index (κ3) is 9.30. The summed E-state index contributed by atoms with van der Waals surface area (Å²) in [5.74, 6) is 0.244. The van der Waals surface area contributed by atoms with Crippen molar-refractivity contribution in [3.05, 3.63) is 59.7 Å². The van der Waals surface area contributed by atoms with E-state index in [0.29, 0.717) is 30.0 Å². The highest BCUT2D eigenvalue weighted by molar-refractivity contribution is 7.80. The lowest BCUT2D eigenvalue weighted by Crippen LogP contribution is -2.34. The molecule has 7 nitrogen and oxygen atoms in total. The summed E-state index contributed by atoms with van der Waals surface area (Å²) in [6.07, 6.45) is 7.99. The molecule has 3 N–H and O–H groups in total. The fraction of sp³-hybridized carbons (Fsp3) is 0.444. The van der Waals surface area contributed by atoms with Gasteiger partial charge in [0.15, 0.2) is 5.11 Å². The van der Waals surface area contributed by atoms with E-state index in [1.54, 1.807) is 48.5 Å². The Morgan fingerprint density at radius 1 is 1.03 bits per heavy atom. The molecule has 8 heteroatoms. The molecule has 35 heavy (non-hydrogen) atoms. The van der Waals surface area contributed by atoms with Crippen LogP contribution in [0.1, 0.15) is 72.6 Å². The van der Waals surface area contributed by atoms with Gasteiger partial charge >= 0.3 is 0 Å². The number of hydrogen-bond acceptors (Lipinski definition) is 5. The van der Waals surface area contributed by atoms with E-state index >= 15 is 0 Å². The summed E-state index contributed by atoms with van der Waals surface area (Å²) in [5, 5.41) is 8.69. The van der Waals surface area contributed by atoms with Crippen molar-refractivity contribution in [2.45, 2.75) is 58.0 Å². The SMILES string of the molecule is CCCCCCCOc1ccc(C(=O)NC(=S)Nc2cccc(C(=O)NCC3CCCO3)c2)cc1. The van der Waals surface area contributed by atoms with Gasteiger partial charge < -0.3 is 20.1 Å². The lowest BCUT2D eigenvalue weighted by atomic mass is 10.1. The van der Waals surface area contributed by atoms with E-state index in [0.717, 1.165) is 31.6 Å². The lowest BCUT2D eigenvalue weighted by Gasteiger charge is -2.13. The Bertz CT molecular complexity index is 975. The van der Waals surface area contributed by atoms with Gasteiger partial charge in [0.05, 0.1) is 12.7 Å². The average molecular weight is 498 g/mol. The van der Waals surface area contributed by atoms with Crippen molar-refractivity contribution in [1.82, 2.24) is 10.6 Å². The van der Waals surface area contributed by atoms with Crippen molar-refractivity contribution in [3.63, 3.8) is 0 Å². The monoisotopic (exact) mass is 497 g/mol. The molecular formula is C27H35N3O4S. The fourth-order valence-corrected chi connectivity index (χ4v) is 4.00. The first-order valence-electron chi connectivity index (χ1n) is 12.4. The Balaban J connectivity index is 1.42. The first-order chi connectivity index (χ1) is 17.0. The van der Waals surface area contributed by atoms with Gasteiger partial charge in [0.25, 0.3) is 11.8 Å². The molecule has 1 heterocycles. The van der Waals surface area contributed by atoms with Crippen molar-refractivity contribution in [1.29, 1.82) is 0 Å². The van der Waals surface area contributed by atoms with E-state index in [9.17, 15) is 9.59 Å². The van der Waals surface area contributed by atoms with Crippen LogP contribution in [0.3, 0.4) is 0 Å². The molecule has 2 amide bonds. The molecule has 0 radical (unpaired) electrons. The predicted octanol–water partition coefficient (Wildman–Crippen LogP) is 5.07. The van der Waals surface area contributed by atoms with Crippen molar-refractivity contribution in [2.75, 3.05) is 25.1 Å². The van der Waals surface area contributed by atoms with Crippen LogP contribution in [0.25, 0.3) is 0 Å². The predicted molar refractivity (Wildman–Crippen MR) is 142 cm³/mol. The van der Waals surface area contributed by atoms with Gasteiger partial charge in [-0.2, -0.15) is 0 Å². The van der Waals surface area contributed by atoms with Crippen molar-refractivity contribution in [3.8, 4) is 5.75 Å². The van der Waals surface area contributed by atoms with E-state index < -0.39 is 0 Å². The number of carbonyl (C=O) groups excluding carboxylic acids is 2. The fourth-order valence-electron chi connectivity index (χ4n) is 3.79. The van der Waals surface area contributed by atoms with Gasteiger partial charge in [-0.3, -0.25) is 14.9 Å². The molecule has 1 atom stereocenters. The number of amides is 2. The van der Waals surface area contributed by atoms with Gasteiger partial charge in [-0.25, -0.2) is 0 Å². The Labute approximate surface area is 213 Å². The third-order valence-electron chi connectivity index (χ3n) is 5.76. The highest BCUT2D eigenvalue weighted by atomic mass is 32.1. The van der Waals surface area contributed by atoms with Gasteiger partial charge in [0, 0.05) is 30.0 Å². The topological polar surface area (TPSA) is 88.7 Å². The molecule has 1 aliphatic heterocycles. The van der Waals surface area contributed by atoms with Crippen LogP contribution in [0.4, 0.5) is 5.69 Å². The van der Waals surface area contributed by atoms with Gasteiger partial charge in [-0.15, -0.1) is 0 Å². The summed E-state index contributed by atoms with van der Waals surface area (Å²) in [6, 6.07) is 14.0. The molecule has 1 fully saturated rings. The summed E-state index contributed by atoms with van der Waals surface area (Å²) in [5.41, 5.74) is 1.59. The maximum absolute atomic E-state index is 12.5. The average Bonchev–Trinajstić information content (AvgIpc) is 3.39. The summed E-state index contributed by atoms with van der Waals surface area (Å²) >= 11 is 5.29. The molecule has 0 spiro atoms. The minimum Gasteiger partial charge on any atom is -0.494 e. The lowest BCUT2D eigenvalue weighted by molar-refractivity contribution is 0.0857. The van der Waals surface area contributed by atoms with Gasteiger partial charge in [0.2, 0.25) is 0 Å². The van der Waals surface area contributed by atoms with E-state index in [4.69, 9.17) is 21.7 Å². The van der Waals surface area contributed by atoms with Gasteiger partial charge in [-0.1, -0.05) is 38.7 Å². The second kappa shape index (κ2) is 14.4. The largest absolute Gasteiger partial charge is 0.494 e. The first kappa shape index (κ1) is 26.6. The number of anilines is 1. The standard InChI is InChI=1S/C27H35N3O4S/c1-2-3-4-5-6-16-33-23-14-12-20(13-15-23)26(32)30-27(35)29-22-10-7-9-21(18-22)25(31)28-19-24-11-8-17-34-24/h7,9-10,12-15,18,24H,2-6,8,11,16-17,19H2,1H3,(H,28,31)(H2,29,30,32,35). The zero-order valence-electron chi connectivity index (χ0n) is 20.3. The Kier molecular flexibility index (Phi) is 11.0. The molecular weight excluding hydrogens is 462 g/mol. The van der Waals surface area contributed by atoms with Crippen molar-refractivity contribution in [2.24, 2.45) is 0 Å². The minimum absolute atomic E-state index is 0.0826. The number of thiocarbonyl (C=S) groups is 1. The number of benzene rings is 2. The Morgan fingerprint density at radius 2 is 1.83 bits per heavy atom. The van der Waals surface area contributed by atoms with E-state index in [2.05, 4.69) is 22.9 Å². The molecule has 0 saturated carbocycles. The molecule has 2 aromatic carbocycles. The minimum atomic E-state index is -0.320. The van der Waals surface area contributed by atoms with Gasteiger partial charge in [0.1, 0.15) is 5.75 Å². The maximum Gasteiger partial charge on any atom is 0.257 e. The number of ether oxygens (including phenoxy) is 2. The summed E-state index contributed by atoms with van der Waals surface area (Å²) in [7, 11) is 0. The molecule has 1 saturated heterocycles. The third-order valence-corrected chi connectivity index (χ3v) is 5.96. The molecule has 1 aliphatic rings. The van der Waals surface area contributed by atoms with Crippen LogP contribution in [0.2, 0.25) is 0 Å². The molecule has 188 valence electrons. The smallest absolute Gasteiger partial charge is 0.257 e.